The van der Waals surface area contributed by atoms with Gasteiger partial charge in [-0.3, -0.25) is 14.9 Å². The fourth-order valence-corrected chi connectivity index (χ4v) is 2.05. The summed E-state index contributed by atoms with van der Waals surface area (Å²) in [6, 6.07) is 1.13. The molecule has 0 spiro atoms. The highest BCUT2D eigenvalue weighted by Crippen LogP contribution is 2.18. The molecule has 0 aromatic carbocycles. The molecule has 0 atom stereocenters. The maximum Gasteiger partial charge on any atom is 0.288 e. The second kappa shape index (κ2) is 7.96. The van der Waals surface area contributed by atoms with Gasteiger partial charge in [0.05, 0.1) is 10.5 Å². The minimum Gasteiger partial charge on any atom is -0.352 e. The van der Waals surface area contributed by atoms with Crippen LogP contribution < -0.4 is 5.32 Å². The summed E-state index contributed by atoms with van der Waals surface area (Å²) in [5.41, 5.74) is -0.224. The molecule has 0 saturated carbocycles. The lowest BCUT2D eigenvalue weighted by molar-refractivity contribution is -0.385. The van der Waals surface area contributed by atoms with Gasteiger partial charge in [0.15, 0.2) is 0 Å². The van der Waals surface area contributed by atoms with Crippen LogP contribution in [0.1, 0.15) is 23.2 Å². The molecule has 1 heterocycles. The summed E-state index contributed by atoms with van der Waals surface area (Å²) in [5.74, 6) is 0.597. The van der Waals surface area contributed by atoms with Gasteiger partial charge in [0.2, 0.25) is 0 Å². The van der Waals surface area contributed by atoms with Crippen molar-refractivity contribution in [1.29, 1.82) is 0 Å². The summed E-state index contributed by atoms with van der Waals surface area (Å²) in [4.78, 5) is 25.4. The number of aromatic nitrogens is 1. The van der Waals surface area contributed by atoms with Crippen LogP contribution in [0.25, 0.3) is 0 Å². The van der Waals surface area contributed by atoms with Crippen molar-refractivity contribution >= 4 is 35.0 Å². The number of unbranched alkanes of at least 4 members (excludes halogenated alkanes) is 1. The second-order valence-corrected chi connectivity index (χ2v) is 5.09. The number of thioether (sulfide) groups is 1. The van der Waals surface area contributed by atoms with Crippen LogP contribution in [-0.2, 0) is 0 Å². The predicted octanol–water partition coefficient (Wildman–Crippen LogP) is 2.52. The molecule has 0 saturated heterocycles. The van der Waals surface area contributed by atoms with Crippen LogP contribution in [0.3, 0.4) is 0 Å². The quantitative estimate of drug-likeness (QED) is 0.362. The van der Waals surface area contributed by atoms with E-state index in [0.717, 1.165) is 30.9 Å². The van der Waals surface area contributed by atoms with Crippen LogP contribution in [-0.4, -0.2) is 34.4 Å². The van der Waals surface area contributed by atoms with Gasteiger partial charge in [-0.1, -0.05) is 11.6 Å². The molecule has 0 bridgehead atoms. The predicted molar refractivity (Wildman–Crippen MR) is 75.9 cm³/mol. The van der Waals surface area contributed by atoms with Crippen molar-refractivity contribution in [3.63, 3.8) is 0 Å². The Labute approximate surface area is 120 Å². The summed E-state index contributed by atoms with van der Waals surface area (Å²) in [6.07, 6.45) is 4.90. The standard InChI is InChI=1S/C11H14ClN3O3S/c1-19-5-3-2-4-13-11(16)9-6-8(15(17)18)7-14-10(9)12/h6-7H,2-5H2,1H3,(H,13,16). The topological polar surface area (TPSA) is 85.1 Å². The number of amides is 1. The SMILES string of the molecule is CSCCCCNC(=O)c1cc([N+](=O)[O-])cnc1Cl. The molecule has 0 fully saturated rings. The van der Waals surface area contributed by atoms with Crippen LogP contribution in [0.4, 0.5) is 5.69 Å². The summed E-state index contributed by atoms with van der Waals surface area (Å²) < 4.78 is 0. The molecule has 104 valence electrons. The van der Waals surface area contributed by atoms with Gasteiger partial charge >= 0.3 is 0 Å². The van der Waals surface area contributed by atoms with Crippen molar-refractivity contribution in [2.45, 2.75) is 12.8 Å². The van der Waals surface area contributed by atoms with E-state index < -0.39 is 10.8 Å². The average molecular weight is 304 g/mol. The third-order valence-corrected chi connectivity index (χ3v) is 3.34. The molecular weight excluding hydrogens is 290 g/mol. The molecule has 6 nitrogen and oxygen atoms in total. The van der Waals surface area contributed by atoms with Crippen molar-refractivity contribution in [2.24, 2.45) is 0 Å². The Kier molecular flexibility index (Phi) is 6.58. The van der Waals surface area contributed by atoms with E-state index in [1.807, 2.05) is 6.26 Å². The first-order chi connectivity index (χ1) is 9.06. The number of nitrogens with one attached hydrogen (secondary N) is 1. The van der Waals surface area contributed by atoms with E-state index in [-0.39, 0.29) is 16.4 Å². The number of hydrogen-bond acceptors (Lipinski definition) is 5. The number of nitro groups is 1. The highest BCUT2D eigenvalue weighted by Gasteiger charge is 2.16. The first-order valence-corrected chi connectivity index (χ1v) is 7.40. The summed E-state index contributed by atoms with van der Waals surface area (Å²) in [5, 5.41) is 13.2. The van der Waals surface area contributed by atoms with Gasteiger partial charge < -0.3 is 5.32 Å². The zero-order valence-corrected chi connectivity index (χ0v) is 12.0. The van der Waals surface area contributed by atoms with Crippen LogP contribution in [0, 0.1) is 10.1 Å². The van der Waals surface area contributed by atoms with Crippen molar-refractivity contribution in [3.8, 4) is 0 Å². The summed E-state index contributed by atoms with van der Waals surface area (Å²) >= 11 is 7.51. The molecule has 0 aliphatic rings. The zero-order chi connectivity index (χ0) is 14.3. The number of carbonyl (C=O) groups excluding carboxylic acids is 1. The molecule has 1 rings (SSSR count). The highest BCUT2D eigenvalue weighted by atomic mass is 35.5. The van der Waals surface area contributed by atoms with Crippen LogP contribution in [0.2, 0.25) is 5.15 Å². The highest BCUT2D eigenvalue weighted by molar-refractivity contribution is 7.98. The van der Waals surface area contributed by atoms with Gasteiger partial charge in [-0.15, -0.1) is 0 Å². The van der Waals surface area contributed by atoms with E-state index in [1.165, 1.54) is 0 Å². The van der Waals surface area contributed by atoms with Crippen molar-refractivity contribution in [2.75, 3.05) is 18.6 Å². The third-order valence-electron chi connectivity index (χ3n) is 2.34. The molecule has 0 aliphatic heterocycles. The van der Waals surface area contributed by atoms with Crippen LogP contribution >= 0.6 is 23.4 Å². The van der Waals surface area contributed by atoms with E-state index in [4.69, 9.17) is 11.6 Å². The maximum atomic E-state index is 11.8. The lowest BCUT2D eigenvalue weighted by Gasteiger charge is -2.05. The van der Waals surface area contributed by atoms with E-state index in [2.05, 4.69) is 10.3 Å². The minimum absolute atomic E-state index is 0.0285. The Morgan fingerprint density at radius 2 is 2.32 bits per heavy atom. The van der Waals surface area contributed by atoms with E-state index in [1.54, 1.807) is 11.8 Å². The van der Waals surface area contributed by atoms with Gasteiger partial charge in [-0.05, 0) is 24.9 Å². The van der Waals surface area contributed by atoms with Crippen molar-refractivity contribution in [1.82, 2.24) is 10.3 Å². The number of carbonyl (C=O) groups is 1. The molecule has 19 heavy (non-hydrogen) atoms. The molecule has 8 heteroatoms. The largest absolute Gasteiger partial charge is 0.352 e. The van der Waals surface area contributed by atoms with Crippen molar-refractivity contribution < 1.29 is 9.72 Å². The summed E-state index contributed by atoms with van der Waals surface area (Å²) in [7, 11) is 0. The lowest BCUT2D eigenvalue weighted by atomic mass is 10.2. The van der Waals surface area contributed by atoms with E-state index >= 15 is 0 Å². The number of nitrogens with zero attached hydrogens (tertiary/aromatic N) is 2. The fourth-order valence-electron chi connectivity index (χ4n) is 1.36. The Hall–Kier alpha value is -1.34. The molecule has 1 aromatic heterocycles. The zero-order valence-electron chi connectivity index (χ0n) is 10.4. The molecule has 0 radical (unpaired) electrons. The van der Waals surface area contributed by atoms with Gasteiger partial charge in [-0.2, -0.15) is 11.8 Å². The van der Waals surface area contributed by atoms with Gasteiger partial charge in [-0.25, -0.2) is 4.98 Å². The van der Waals surface area contributed by atoms with Gasteiger partial charge in [0.25, 0.3) is 11.6 Å². The first kappa shape index (κ1) is 15.7. The van der Waals surface area contributed by atoms with Crippen LogP contribution in [0.15, 0.2) is 12.3 Å². The van der Waals surface area contributed by atoms with E-state index in [9.17, 15) is 14.9 Å². The molecule has 1 N–H and O–H groups in total. The smallest absolute Gasteiger partial charge is 0.288 e. The Balaban J connectivity index is 2.61. The fraction of sp³-hybridized carbons (Fsp3) is 0.455. The molecule has 0 unspecified atom stereocenters. The average Bonchev–Trinajstić information content (AvgIpc) is 2.38. The molecule has 1 aromatic rings. The van der Waals surface area contributed by atoms with Gasteiger partial charge in [0, 0.05) is 12.6 Å². The van der Waals surface area contributed by atoms with Crippen LogP contribution in [0.5, 0.6) is 0 Å². The molecule has 1 amide bonds. The minimum atomic E-state index is -0.613. The number of hydrogen-bond donors (Lipinski definition) is 1. The summed E-state index contributed by atoms with van der Waals surface area (Å²) in [6.45, 7) is 0.512. The molecule has 0 aliphatic carbocycles. The second-order valence-electron chi connectivity index (χ2n) is 3.74. The number of halogens is 1. The normalized spacial score (nSPS) is 10.2. The number of rotatable bonds is 7. The monoisotopic (exact) mass is 303 g/mol. The Bertz CT molecular complexity index is 470. The Morgan fingerprint density at radius 3 is 2.95 bits per heavy atom. The lowest BCUT2D eigenvalue weighted by Crippen LogP contribution is -2.25. The van der Waals surface area contributed by atoms with Gasteiger partial charge in [0.1, 0.15) is 11.3 Å². The van der Waals surface area contributed by atoms with Crippen molar-refractivity contribution in [3.05, 3.63) is 33.1 Å². The molecular formula is C11H14ClN3O3S. The third kappa shape index (κ3) is 5.04. The first-order valence-electron chi connectivity index (χ1n) is 5.63. The maximum absolute atomic E-state index is 11.8. The Morgan fingerprint density at radius 1 is 1.58 bits per heavy atom. The van der Waals surface area contributed by atoms with E-state index in [0.29, 0.717) is 6.54 Å². The number of pyridine rings is 1.